The molecule has 1 spiro atoms. The van der Waals surface area contributed by atoms with Crippen molar-refractivity contribution in [1.29, 1.82) is 0 Å². The van der Waals surface area contributed by atoms with Crippen molar-refractivity contribution in [2.75, 3.05) is 13.2 Å². The first-order chi connectivity index (χ1) is 12.2. The van der Waals surface area contributed by atoms with Gasteiger partial charge in [-0.25, -0.2) is 0 Å². The quantitative estimate of drug-likeness (QED) is 0.789. The molecule has 0 bridgehead atoms. The Morgan fingerprint density at radius 2 is 1.84 bits per heavy atom. The standard InChI is InChI=1S/C21H31NO3/c23-20(24)7-6-19(16-17-4-2-1-3-5-17)22-18-8-10-21(11-9-18)12-14-25-15-13-21/h1-5,18-19,22H,6-16H2,(H,23,24). The lowest BCUT2D eigenvalue weighted by Crippen LogP contribution is -2.45. The van der Waals surface area contributed by atoms with E-state index < -0.39 is 5.97 Å². The molecule has 0 amide bonds. The Balaban J connectivity index is 1.53. The highest BCUT2D eigenvalue weighted by atomic mass is 16.5. The molecule has 4 heteroatoms. The van der Waals surface area contributed by atoms with Crippen molar-refractivity contribution in [3.05, 3.63) is 35.9 Å². The van der Waals surface area contributed by atoms with Crippen molar-refractivity contribution in [2.45, 2.75) is 69.9 Å². The summed E-state index contributed by atoms with van der Waals surface area (Å²) in [5.74, 6) is -0.704. The number of carbonyl (C=O) groups is 1. The molecule has 0 radical (unpaired) electrons. The zero-order chi connectivity index (χ0) is 17.5. The van der Waals surface area contributed by atoms with Crippen LogP contribution >= 0.6 is 0 Å². The van der Waals surface area contributed by atoms with Crippen LogP contribution in [0.1, 0.15) is 56.9 Å². The Bertz CT molecular complexity index is 529. The largest absolute Gasteiger partial charge is 0.481 e. The van der Waals surface area contributed by atoms with Crippen molar-refractivity contribution >= 4 is 5.97 Å². The Morgan fingerprint density at radius 3 is 2.48 bits per heavy atom. The van der Waals surface area contributed by atoms with E-state index in [4.69, 9.17) is 9.84 Å². The minimum Gasteiger partial charge on any atom is -0.481 e. The van der Waals surface area contributed by atoms with Crippen LogP contribution in [0.4, 0.5) is 0 Å². The fraction of sp³-hybridized carbons (Fsp3) is 0.667. The number of hydrogen-bond acceptors (Lipinski definition) is 3. The molecule has 1 saturated heterocycles. The maximum Gasteiger partial charge on any atom is 0.303 e. The average molecular weight is 345 g/mol. The number of carboxylic acid groups (broad SMARTS) is 1. The molecule has 3 rings (SSSR count). The number of hydrogen-bond donors (Lipinski definition) is 2. The van der Waals surface area contributed by atoms with Crippen molar-refractivity contribution in [2.24, 2.45) is 5.41 Å². The number of aliphatic carboxylic acids is 1. The molecule has 25 heavy (non-hydrogen) atoms. The van der Waals surface area contributed by atoms with Crippen LogP contribution in [-0.2, 0) is 16.0 Å². The predicted molar refractivity (Wildman–Crippen MR) is 98.7 cm³/mol. The van der Waals surface area contributed by atoms with Gasteiger partial charge in [0.1, 0.15) is 0 Å². The van der Waals surface area contributed by atoms with Gasteiger partial charge in [-0.15, -0.1) is 0 Å². The molecule has 1 heterocycles. The van der Waals surface area contributed by atoms with E-state index in [0.29, 0.717) is 17.9 Å². The second-order valence-corrected chi connectivity index (χ2v) is 7.87. The molecule has 138 valence electrons. The molecule has 0 aromatic heterocycles. The van der Waals surface area contributed by atoms with Crippen LogP contribution < -0.4 is 5.32 Å². The van der Waals surface area contributed by atoms with E-state index in [2.05, 4.69) is 29.6 Å². The number of ether oxygens (including phenoxy) is 1. The van der Waals surface area contributed by atoms with E-state index in [9.17, 15) is 4.79 Å². The first-order valence-corrected chi connectivity index (χ1v) is 9.75. The molecule has 2 fully saturated rings. The third-order valence-electron chi connectivity index (χ3n) is 6.10. The molecule has 1 aliphatic carbocycles. The normalized spacial score (nSPS) is 21.9. The van der Waals surface area contributed by atoms with Crippen LogP contribution in [0.5, 0.6) is 0 Å². The molecule has 1 aliphatic heterocycles. The van der Waals surface area contributed by atoms with Gasteiger partial charge in [0, 0.05) is 31.7 Å². The summed E-state index contributed by atoms with van der Waals surface area (Å²) in [7, 11) is 0. The number of benzene rings is 1. The van der Waals surface area contributed by atoms with Crippen molar-refractivity contribution in [1.82, 2.24) is 5.32 Å². The second kappa shape index (κ2) is 8.81. The summed E-state index contributed by atoms with van der Waals surface area (Å²) in [5, 5.41) is 12.8. The van der Waals surface area contributed by atoms with Gasteiger partial charge in [0.25, 0.3) is 0 Å². The van der Waals surface area contributed by atoms with Gasteiger partial charge >= 0.3 is 5.97 Å². The Labute approximate surface area is 151 Å². The lowest BCUT2D eigenvalue weighted by Gasteiger charge is -2.43. The second-order valence-electron chi connectivity index (χ2n) is 7.87. The van der Waals surface area contributed by atoms with Gasteiger partial charge in [0.05, 0.1) is 0 Å². The Kier molecular flexibility index (Phi) is 6.49. The molecule has 1 atom stereocenters. The summed E-state index contributed by atoms with van der Waals surface area (Å²) < 4.78 is 5.54. The van der Waals surface area contributed by atoms with Crippen LogP contribution in [0.3, 0.4) is 0 Å². The minimum absolute atomic E-state index is 0.235. The molecular weight excluding hydrogens is 314 g/mol. The van der Waals surface area contributed by atoms with Crippen LogP contribution in [0.25, 0.3) is 0 Å². The van der Waals surface area contributed by atoms with E-state index in [1.54, 1.807) is 0 Å². The van der Waals surface area contributed by atoms with E-state index in [-0.39, 0.29) is 12.5 Å². The number of nitrogens with one attached hydrogen (secondary N) is 1. The topological polar surface area (TPSA) is 58.6 Å². The zero-order valence-corrected chi connectivity index (χ0v) is 15.1. The molecular formula is C21H31NO3. The summed E-state index contributed by atoms with van der Waals surface area (Å²) in [5.41, 5.74) is 1.80. The average Bonchev–Trinajstić information content (AvgIpc) is 2.63. The van der Waals surface area contributed by atoms with Crippen molar-refractivity contribution in [3.63, 3.8) is 0 Å². The number of rotatable bonds is 7. The van der Waals surface area contributed by atoms with Gasteiger partial charge in [-0.2, -0.15) is 0 Å². The molecule has 2 N–H and O–H groups in total. The third kappa shape index (κ3) is 5.55. The SMILES string of the molecule is O=C(O)CCC(Cc1ccccc1)NC1CCC2(CCOCC2)CC1. The van der Waals surface area contributed by atoms with Crippen molar-refractivity contribution in [3.8, 4) is 0 Å². The van der Waals surface area contributed by atoms with Crippen LogP contribution in [0.2, 0.25) is 0 Å². The summed E-state index contributed by atoms with van der Waals surface area (Å²) in [6.07, 6.45) is 9.24. The summed E-state index contributed by atoms with van der Waals surface area (Å²) in [6, 6.07) is 11.2. The molecule has 2 aliphatic rings. The van der Waals surface area contributed by atoms with Crippen LogP contribution in [-0.4, -0.2) is 36.4 Å². The first-order valence-electron chi connectivity index (χ1n) is 9.75. The smallest absolute Gasteiger partial charge is 0.303 e. The summed E-state index contributed by atoms with van der Waals surface area (Å²) >= 11 is 0. The maximum atomic E-state index is 11.0. The predicted octanol–water partition coefficient (Wildman–Crippen LogP) is 3.79. The Morgan fingerprint density at radius 1 is 1.16 bits per heavy atom. The molecule has 4 nitrogen and oxygen atoms in total. The Hall–Kier alpha value is -1.39. The highest BCUT2D eigenvalue weighted by Gasteiger charge is 2.36. The molecule has 1 aromatic carbocycles. The van der Waals surface area contributed by atoms with Gasteiger partial charge in [0.15, 0.2) is 0 Å². The van der Waals surface area contributed by atoms with E-state index in [1.165, 1.54) is 44.1 Å². The monoisotopic (exact) mass is 345 g/mol. The lowest BCUT2D eigenvalue weighted by atomic mass is 9.68. The first kappa shape index (κ1) is 18.4. The van der Waals surface area contributed by atoms with Gasteiger partial charge < -0.3 is 15.2 Å². The van der Waals surface area contributed by atoms with Crippen LogP contribution in [0, 0.1) is 5.41 Å². The van der Waals surface area contributed by atoms with Gasteiger partial charge in [-0.3, -0.25) is 4.79 Å². The van der Waals surface area contributed by atoms with Gasteiger partial charge in [0.2, 0.25) is 0 Å². The fourth-order valence-electron chi connectivity index (χ4n) is 4.48. The van der Waals surface area contributed by atoms with Crippen LogP contribution in [0.15, 0.2) is 30.3 Å². The molecule has 1 unspecified atom stereocenters. The van der Waals surface area contributed by atoms with E-state index in [0.717, 1.165) is 19.6 Å². The third-order valence-corrected chi connectivity index (χ3v) is 6.10. The fourth-order valence-corrected chi connectivity index (χ4v) is 4.48. The zero-order valence-electron chi connectivity index (χ0n) is 15.1. The van der Waals surface area contributed by atoms with Gasteiger partial charge in [-0.05, 0) is 62.3 Å². The lowest BCUT2D eigenvalue weighted by molar-refractivity contribution is -0.137. The highest BCUT2D eigenvalue weighted by molar-refractivity contribution is 5.66. The molecule has 1 aromatic rings. The summed E-state index contributed by atoms with van der Waals surface area (Å²) in [4.78, 5) is 11.0. The van der Waals surface area contributed by atoms with E-state index in [1.807, 2.05) is 6.07 Å². The van der Waals surface area contributed by atoms with Gasteiger partial charge in [-0.1, -0.05) is 30.3 Å². The number of carboxylic acids is 1. The molecule has 1 saturated carbocycles. The highest BCUT2D eigenvalue weighted by Crippen LogP contribution is 2.44. The van der Waals surface area contributed by atoms with Crippen molar-refractivity contribution < 1.29 is 14.6 Å². The minimum atomic E-state index is -0.704. The maximum absolute atomic E-state index is 11.0. The summed E-state index contributed by atoms with van der Waals surface area (Å²) in [6.45, 7) is 1.85. The van der Waals surface area contributed by atoms with E-state index >= 15 is 0 Å².